The van der Waals surface area contributed by atoms with Crippen LogP contribution in [0.15, 0.2) is 11.6 Å². The van der Waals surface area contributed by atoms with Crippen LogP contribution in [-0.4, -0.2) is 131 Å². The van der Waals surface area contributed by atoms with E-state index in [0.29, 0.717) is 18.5 Å². The predicted octanol–water partition coefficient (Wildman–Crippen LogP) is 4.29. The maximum atomic E-state index is 14.2. The van der Waals surface area contributed by atoms with Crippen LogP contribution >= 0.6 is 0 Å². The number of nitrogens with zero attached hydrogens (tertiary/aromatic N) is 5. The minimum Gasteiger partial charge on any atom is -0.342 e. The highest BCUT2D eigenvalue weighted by atomic mass is 16.2. The van der Waals surface area contributed by atoms with Gasteiger partial charge < -0.3 is 24.9 Å². The first-order chi connectivity index (χ1) is 22.6. The van der Waals surface area contributed by atoms with Gasteiger partial charge in [-0.25, -0.2) is 0 Å². The third-order valence-electron chi connectivity index (χ3n) is 11.3. The number of carbonyl (C=O) groups is 4. The van der Waals surface area contributed by atoms with Crippen LogP contribution in [0.4, 0.5) is 0 Å². The summed E-state index contributed by atoms with van der Waals surface area (Å²) in [6, 6.07) is -1.26. The molecular formula is C38H66N6O4. The van der Waals surface area contributed by atoms with Crippen molar-refractivity contribution in [2.45, 2.75) is 149 Å². The van der Waals surface area contributed by atoms with E-state index in [1.807, 2.05) is 47.6 Å². The third-order valence-corrected chi connectivity index (χ3v) is 11.3. The lowest BCUT2D eigenvalue weighted by Gasteiger charge is -2.41. The molecule has 5 atom stereocenters. The van der Waals surface area contributed by atoms with E-state index in [4.69, 9.17) is 0 Å². The second-order valence-electron chi connectivity index (χ2n) is 16.7. The Bertz CT molecular complexity index is 1170. The molecule has 0 aromatic carbocycles. The minimum atomic E-state index is -0.717. The maximum Gasteiger partial charge on any atom is 0.249 e. The van der Waals surface area contributed by atoms with Crippen molar-refractivity contribution in [2.75, 3.05) is 46.3 Å². The lowest BCUT2D eigenvalue weighted by atomic mass is 9.84. The standard InChI is InChI=1S/C38H66N6O4/c1-26(2)32(40(9)37(48)33(38(6,7)8)39-34(45)30-17-10-11-21-42(30)27(3)4)24-28(5)35(46)44-23-15-18-31(44)36(47)43-22-14-16-29(43)25-41-19-12-13-20-41/h24,26-27,29-33H,10-23,25H2,1-9H3,(H,39,45)/b28-24+. The van der Waals surface area contributed by atoms with Gasteiger partial charge in [0.2, 0.25) is 23.6 Å². The summed E-state index contributed by atoms with van der Waals surface area (Å²) in [5.41, 5.74) is 0.0361. The molecule has 0 radical (unpaired) electrons. The van der Waals surface area contributed by atoms with E-state index in [9.17, 15) is 19.2 Å². The Labute approximate surface area is 291 Å². The van der Waals surface area contributed by atoms with Crippen molar-refractivity contribution in [3.63, 3.8) is 0 Å². The Morgan fingerprint density at radius 2 is 1.42 bits per heavy atom. The summed E-state index contributed by atoms with van der Waals surface area (Å²) in [6.07, 6.45) is 10.8. The van der Waals surface area contributed by atoms with Crippen molar-refractivity contribution < 1.29 is 19.2 Å². The molecule has 4 fully saturated rings. The molecular weight excluding hydrogens is 604 g/mol. The number of carbonyl (C=O) groups excluding carboxylic acids is 4. The fourth-order valence-electron chi connectivity index (χ4n) is 8.43. The number of rotatable bonds is 11. The van der Waals surface area contributed by atoms with Gasteiger partial charge in [0.05, 0.1) is 12.1 Å². The van der Waals surface area contributed by atoms with E-state index in [-0.39, 0.29) is 53.7 Å². The molecule has 48 heavy (non-hydrogen) atoms. The average Bonchev–Trinajstić information content (AvgIpc) is 3.83. The van der Waals surface area contributed by atoms with Crippen molar-refractivity contribution in [1.29, 1.82) is 0 Å². The normalized spacial score (nSPS) is 26.0. The van der Waals surface area contributed by atoms with Crippen LogP contribution in [0.1, 0.15) is 113 Å². The highest BCUT2D eigenvalue weighted by molar-refractivity contribution is 5.97. The first-order valence-corrected chi connectivity index (χ1v) is 19.0. The molecule has 10 nitrogen and oxygen atoms in total. The van der Waals surface area contributed by atoms with E-state index in [1.54, 1.807) is 16.8 Å². The molecule has 0 bridgehead atoms. The molecule has 5 unspecified atom stereocenters. The summed E-state index contributed by atoms with van der Waals surface area (Å²) < 4.78 is 0. The van der Waals surface area contributed by atoms with Crippen LogP contribution < -0.4 is 5.32 Å². The highest BCUT2D eigenvalue weighted by Crippen LogP contribution is 2.29. The van der Waals surface area contributed by atoms with Crippen LogP contribution in [0.5, 0.6) is 0 Å². The van der Waals surface area contributed by atoms with Gasteiger partial charge in [0.15, 0.2) is 0 Å². The van der Waals surface area contributed by atoms with E-state index in [2.05, 4.69) is 33.9 Å². The molecule has 0 aromatic rings. The van der Waals surface area contributed by atoms with E-state index in [1.165, 1.54) is 12.8 Å². The topological polar surface area (TPSA) is 96.5 Å². The molecule has 0 spiro atoms. The number of amides is 4. The number of piperidine rings is 1. The third kappa shape index (κ3) is 9.01. The van der Waals surface area contributed by atoms with Gasteiger partial charge >= 0.3 is 0 Å². The number of nitrogens with one attached hydrogen (secondary N) is 1. The molecule has 0 aliphatic carbocycles. The monoisotopic (exact) mass is 671 g/mol. The molecule has 4 saturated heterocycles. The van der Waals surface area contributed by atoms with Crippen LogP contribution in [0.3, 0.4) is 0 Å². The molecule has 0 aromatic heterocycles. The summed E-state index contributed by atoms with van der Waals surface area (Å²) in [4.78, 5) is 66.1. The van der Waals surface area contributed by atoms with Crippen molar-refractivity contribution in [1.82, 2.24) is 29.8 Å². The smallest absolute Gasteiger partial charge is 0.249 e. The van der Waals surface area contributed by atoms with Crippen LogP contribution in [0.25, 0.3) is 0 Å². The van der Waals surface area contributed by atoms with Gasteiger partial charge in [-0.1, -0.05) is 47.1 Å². The summed E-state index contributed by atoms with van der Waals surface area (Å²) in [6.45, 7) is 21.5. The zero-order valence-electron chi connectivity index (χ0n) is 31.6. The fourth-order valence-corrected chi connectivity index (χ4v) is 8.43. The predicted molar refractivity (Wildman–Crippen MR) is 191 cm³/mol. The molecule has 4 aliphatic rings. The molecule has 4 rings (SSSR count). The van der Waals surface area contributed by atoms with Crippen LogP contribution in [-0.2, 0) is 19.2 Å². The van der Waals surface area contributed by atoms with Gasteiger partial charge in [-0.05, 0) is 103 Å². The Hall–Kier alpha value is -2.46. The van der Waals surface area contributed by atoms with Gasteiger partial charge in [-0.3, -0.25) is 24.1 Å². The van der Waals surface area contributed by atoms with Crippen molar-refractivity contribution in [2.24, 2.45) is 11.3 Å². The second-order valence-corrected chi connectivity index (χ2v) is 16.7. The second kappa shape index (κ2) is 16.5. The summed E-state index contributed by atoms with van der Waals surface area (Å²) in [7, 11) is 1.78. The number of hydrogen-bond donors (Lipinski definition) is 1. The quantitative estimate of drug-likeness (QED) is 0.330. The van der Waals surface area contributed by atoms with Gasteiger partial charge in [0.1, 0.15) is 12.1 Å². The number of hydrogen-bond acceptors (Lipinski definition) is 6. The van der Waals surface area contributed by atoms with Crippen LogP contribution in [0.2, 0.25) is 0 Å². The van der Waals surface area contributed by atoms with Gasteiger partial charge in [0, 0.05) is 44.3 Å². The Morgan fingerprint density at radius 1 is 0.812 bits per heavy atom. The molecule has 4 aliphatic heterocycles. The lowest BCUT2D eigenvalue weighted by Crippen LogP contribution is -2.60. The first-order valence-electron chi connectivity index (χ1n) is 19.0. The molecule has 272 valence electrons. The number of likely N-dealkylation sites (N-methyl/N-ethyl adjacent to an activating group) is 1. The molecule has 4 heterocycles. The summed E-state index contributed by atoms with van der Waals surface area (Å²) >= 11 is 0. The molecule has 10 heteroatoms. The fraction of sp³-hybridized carbons (Fsp3) is 0.842. The zero-order valence-corrected chi connectivity index (χ0v) is 31.6. The Balaban J connectivity index is 1.47. The maximum absolute atomic E-state index is 14.2. The molecule has 1 N–H and O–H groups in total. The van der Waals surface area contributed by atoms with E-state index < -0.39 is 17.5 Å². The van der Waals surface area contributed by atoms with Gasteiger partial charge in [0.25, 0.3) is 0 Å². The zero-order chi connectivity index (χ0) is 35.3. The largest absolute Gasteiger partial charge is 0.342 e. The van der Waals surface area contributed by atoms with Crippen LogP contribution in [0, 0.1) is 11.3 Å². The average molecular weight is 671 g/mol. The van der Waals surface area contributed by atoms with Crippen molar-refractivity contribution >= 4 is 23.6 Å². The summed E-state index contributed by atoms with van der Waals surface area (Å²) in [5, 5.41) is 3.17. The Morgan fingerprint density at radius 3 is 2.04 bits per heavy atom. The Kier molecular flexibility index (Phi) is 13.2. The first kappa shape index (κ1) is 38.3. The minimum absolute atomic E-state index is 0.0275. The lowest BCUT2D eigenvalue weighted by molar-refractivity contribution is -0.143. The molecule has 0 saturated carbocycles. The van der Waals surface area contributed by atoms with Crippen molar-refractivity contribution in [3.8, 4) is 0 Å². The highest BCUT2D eigenvalue weighted by Gasteiger charge is 2.42. The van der Waals surface area contributed by atoms with Gasteiger partial charge in [-0.15, -0.1) is 0 Å². The number of likely N-dealkylation sites (tertiary alicyclic amines) is 4. The van der Waals surface area contributed by atoms with Gasteiger partial charge in [-0.2, -0.15) is 0 Å². The summed E-state index contributed by atoms with van der Waals surface area (Å²) in [5.74, 6) is -0.247. The van der Waals surface area contributed by atoms with Crippen molar-refractivity contribution in [3.05, 3.63) is 11.6 Å². The molecule has 4 amide bonds. The SMILES string of the molecule is C/C(=C\C(C(C)C)N(C)C(=O)C(NC(=O)C1CCCCN1C(C)C)C(C)(C)C)C(=O)N1CCCC1C(=O)N1CCCC1CN1CCCC1. The van der Waals surface area contributed by atoms with E-state index >= 15 is 0 Å². The van der Waals surface area contributed by atoms with E-state index in [0.717, 1.165) is 71.2 Å².